The Morgan fingerprint density at radius 3 is 1.31 bits per heavy atom. The van der Waals surface area contributed by atoms with Crippen molar-refractivity contribution in [2.45, 2.75) is 25.7 Å². The predicted octanol–water partition coefficient (Wildman–Crippen LogP) is 0.235. The van der Waals surface area contributed by atoms with Crippen molar-refractivity contribution in [1.29, 1.82) is 0 Å². The van der Waals surface area contributed by atoms with Crippen LogP contribution in [0.15, 0.2) is 0 Å². The number of rotatable bonds is 0. The number of carbonyl (C=O) groups is 2. The first-order chi connectivity index (χ1) is 7.77. The minimum Gasteiger partial charge on any atom is -0.332 e. The molecule has 0 bridgehead atoms. The van der Waals surface area contributed by atoms with Gasteiger partial charge in [0.25, 0.3) is 11.8 Å². The molecule has 0 radical (unpaired) electrons. The Kier molecular flexibility index (Phi) is 3.45. The molecular weight excluding hydrogens is 204 g/mol. The van der Waals surface area contributed by atoms with Crippen molar-refractivity contribution in [3.8, 4) is 11.8 Å². The molecule has 0 aromatic heterocycles. The number of hydrogen-bond acceptors (Lipinski definition) is 2. The van der Waals surface area contributed by atoms with E-state index in [-0.39, 0.29) is 11.8 Å². The zero-order chi connectivity index (χ0) is 11.4. The van der Waals surface area contributed by atoms with Gasteiger partial charge in [0.15, 0.2) is 0 Å². The summed E-state index contributed by atoms with van der Waals surface area (Å²) in [7, 11) is 0. The van der Waals surface area contributed by atoms with Crippen LogP contribution in [-0.2, 0) is 9.59 Å². The van der Waals surface area contributed by atoms with Gasteiger partial charge in [-0.3, -0.25) is 9.59 Å². The monoisotopic (exact) mass is 220 g/mol. The predicted molar refractivity (Wildman–Crippen MR) is 59.4 cm³/mol. The Morgan fingerprint density at radius 1 is 0.688 bits per heavy atom. The number of hydrogen-bond donors (Lipinski definition) is 0. The molecule has 2 aliphatic heterocycles. The molecule has 2 heterocycles. The maximum Gasteiger partial charge on any atom is 0.298 e. The van der Waals surface area contributed by atoms with E-state index >= 15 is 0 Å². The standard InChI is InChI=1S/C12H16N2O2/c15-11(13-7-1-2-8-13)5-6-12(16)14-9-3-4-10-14/h1-4,7-10H2. The maximum atomic E-state index is 11.5. The van der Waals surface area contributed by atoms with Crippen molar-refractivity contribution in [3.05, 3.63) is 0 Å². The van der Waals surface area contributed by atoms with E-state index < -0.39 is 0 Å². The molecule has 2 saturated heterocycles. The Labute approximate surface area is 95.6 Å². The molecule has 0 aromatic rings. The van der Waals surface area contributed by atoms with E-state index in [9.17, 15) is 9.59 Å². The summed E-state index contributed by atoms with van der Waals surface area (Å²) in [6, 6.07) is 0. The molecule has 2 fully saturated rings. The molecule has 4 heteroatoms. The first kappa shape index (κ1) is 11.0. The van der Waals surface area contributed by atoms with Crippen LogP contribution in [0.3, 0.4) is 0 Å². The molecule has 0 spiro atoms. The van der Waals surface area contributed by atoms with Gasteiger partial charge in [-0.05, 0) is 25.7 Å². The topological polar surface area (TPSA) is 40.6 Å². The summed E-state index contributed by atoms with van der Waals surface area (Å²) >= 11 is 0. The largest absolute Gasteiger partial charge is 0.332 e. The van der Waals surface area contributed by atoms with Crippen LogP contribution in [0.5, 0.6) is 0 Å². The molecular formula is C12H16N2O2. The summed E-state index contributed by atoms with van der Waals surface area (Å²) in [5.41, 5.74) is 0. The van der Waals surface area contributed by atoms with Crippen molar-refractivity contribution in [2.75, 3.05) is 26.2 Å². The summed E-state index contributed by atoms with van der Waals surface area (Å²) in [6.45, 7) is 3.13. The van der Waals surface area contributed by atoms with Gasteiger partial charge in [-0.1, -0.05) is 0 Å². The van der Waals surface area contributed by atoms with E-state index in [1.807, 2.05) is 0 Å². The molecule has 0 unspecified atom stereocenters. The van der Waals surface area contributed by atoms with Crippen molar-refractivity contribution in [3.63, 3.8) is 0 Å². The van der Waals surface area contributed by atoms with Crippen LogP contribution in [0.2, 0.25) is 0 Å². The van der Waals surface area contributed by atoms with E-state index in [1.54, 1.807) is 9.80 Å². The summed E-state index contributed by atoms with van der Waals surface area (Å²) in [4.78, 5) is 26.5. The van der Waals surface area contributed by atoms with Gasteiger partial charge >= 0.3 is 0 Å². The highest BCUT2D eigenvalue weighted by molar-refractivity contribution is 6.02. The molecule has 0 atom stereocenters. The lowest BCUT2D eigenvalue weighted by Crippen LogP contribution is -2.28. The third-order valence-electron chi connectivity index (χ3n) is 3.06. The van der Waals surface area contributed by atoms with Crippen LogP contribution in [0.1, 0.15) is 25.7 Å². The third kappa shape index (κ3) is 2.54. The highest BCUT2D eigenvalue weighted by Gasteiger charge is 2.18. The second-order valence-corrected chi connectivity index (χ2v) is 4.25. The van der Waals surface area contributed by atoms with E-state index in [1.165, 1.54) is 0 Å². The lowest BCUT2D eigenvalue weighted by molar-refractivity contribution is -0.125. The quantitative estimate of drug-likeness (QED) is 0.548. The molecule has 2 amide bonds. The Hall–Kier alpha value is -1.50. The number of amides is 2. The average molecular weight is 220 g/mol. The SMILES string of the molecule is O=C(C#CC(=O)N1CCCC1)N1CCCC1. The smallest absolute Gasteiger partial charge is 0.298 e. The van der Waals surface area contributed by atoms with Gasteiger partial charge in [-0.2, -0.15) is 0 Å². The second kappa shape index (κ2) is 5.02. The van der Waals surface area contributed by atoms with Gasteiger partial charge in [0.05, 0.1) is 0 Å². The van der Waals surface area contributed by atoms with Gasteiger partial charge in [0, 0.05) is 38.0 Å². The molecule has 2 aliphatic rings. The molecule has 0 aliphatic carbocycles. The molecule has 0 N–H and O–H groups in total. The number of likely N-dealkylation sites (tertiary alicyclic amines) is 2. The third-order valence-corrected chi connectivity index (χ3v) is 3.06. The first-order valence-corrected chi connectivity index (χ1v) is 5.87. The summed E-state index contributed by atoms with van der Waals surface area (Å²) in [5.74, 6) is 4.49. The van der Waals surface area contributed by atoms with E-state index in [0.717, 1.165) is 51.9 Å². The molecule has 0 aromatic carbocycles. The van der Waals surface area contributed by atoms with Crippen molar-refractivity contribution in [1.82, 2.24) is 9.80 Å². The highest BCUT2D eigenvalue weighted by Crippen LogP contribution is 2.08. The minimum absolute atomic E-state index is 0.204. The van der Waals surface area contributed by atoms with Gasteiger partial charge in [-0.25, -0.2) is 0 Å². The molecule has 2 rings (SSSR count). The van der Waals surface area contributed by atoms with Crippen LogP contribution in [-0.4, -0.2) is 47.8 Å². The van der Waals surface area contributed by atoms with E-state index in [2.05, 4.69) is 11.8 Å². The lowest BCUT2D eigenvalue weighted by atomic mass is 10.4. The average Bonchev–Trinajstić information content (AvgIpc) is 2.95. The fourth-order valence-electron chi connectivity index (χ4n) is 2.11. The van der Waals surface area contributed by atoms with Crippen molar-refractivity contribution < 1.29 is 9.59 Å². The zero-order valence-corrected chi connectivity index (χ0v) is 9.37. The Morgan fingerprint density at radius 2 is 1.00 bits per heavy atom. The first-order valence-electron chi connectivity index (χ1n) is 5.87. The summed E-state index contributed by atoms with van der Waals surface area (Å²) < 4.78 is 0. The van der Waals surface area contributed by atoms with Crippen LogP contribution in [0.25, 0.3) is 0 Å². The second-order valence-electron chi connectivity index (χ2n) is 4.25. The molecule has 0 saturated carbocycles. The minimum atomic E-state index is -0.204. The Balaban J connectivity index is 1.87. The Bertz CT molecular complexity index is 310. The number of nitrogens with zero attached hydrogens (tertiary/aromatic N) is 2. The van der Waals surface area contributed by atoms with Crippen LogP contribution in [0.4, 0.5) is 0 Å². The molecule has 4 nitrogen and oxygen atoms in total. The molecule has 16 heavy (non-hydrogen) atoms. The fourth-order valence-corrected chi connectivity index (χ4v) is 2.11. The van der Waals surface area contributed by atoms with Gasteiger partial charge in [0.2, 0.25) is 0 Å². The zero-order valence-electron chi connectivity index (χ0n) is 9.37. The maximum absolute atomic E-state index is 11.5. The van der Waals surface area contributed by atoms with Crippen LogP contribution in [0, 0.1) is 11.8 Å². The van der Waals surface area contributed by atoms with Gasteiger partial charge < -0.3 is 9.80 Å². The van der Waals surface area contributed by atoms with Crippen LogP contribution >= 0.6 is 0 Å². The fraction of sp³-hybridized carbons (Fsp3) is 0.667. The van der Waals surface area contributed by atoms with Gasteiger partial charge in [-0.15, -0.1) is 0 Å². The lowest BCUT2D eigenvalue weighted by Gasteiger charge is -2.11. The van der Waals surface area contributed by atoms with Crippen LogP contribution < -0.4 is 0 Å². The highest BCUT2D eigenvalue weighted by atomic mass is 16.2. The van der Waals surface area contributed by atoms with Crippen molar-refractivity contribution in [2.24, 2.45) is 0 Å². The number of carbonyl (C=O) groups excluding carboxylic acids is 2. The van der Waals surface area contributed by atoms with E-state index in [0.29, 0.717) is 0 Å². The molecule has 86 valence electrons. The summed E-state index contributed by atoms with van der Waals surface area (Å²) in [6.07, 6.45) is 4.20. The van der Waals surface area contributed by atoms with E-state index in [4.69, 9.17) is 0 Å². The summed E-state index contributed by atoms with van der Waals surface area (Å²) in [5, 5.41) is 0. The normalized spacial score (nSPS) is 19.5. The van der Waals surface area contributed by atoms with Crippen molar-refractivity contribution >= 4 is 11.8 Å². The van der Waals surface area contributed by atoms with Gasteiger partial charge in [0.1, 0.15) is 0 Å².